The van der Waals surface area contributed by atoms with Crippen LogP contribution in [0.15, 0.2) is 53.3 Å². The highest BCUT2D eigenvalue weighted by Crippen LogP contribution is 2.19. The summed E-state index contributed by atoms with van der Waals surface area (Å²) in [6, 6.07) is 15.2. The molecule has 1 unspecified atom stereocenters. The minimum absolute atomic E-state index is 0.0766. The average molecular weight is 448 g/mol. The van der Waals surface area contributed by atoms with Crippen LogP contribution in [-0.2, 0) is 12.0 Å². The van der Waals surface area contributed by atoms with E-state index in [1.165, 1.54) is 0 Å². The summed E-state index contributed by atoms with van der Waals surface area (Å²) in [5.41, 5.74) is 1.98. The van der Waals surface area contributed by atoms with Crippen LogP contribution in [0.2, 0.25) is 0 Å². The molecule has 1 fully saturated rings. The van der Waals surface area contributed by atoms with E-state index in [1.807, 2.05) is 36.4 Å². The molecular weight excluding hydrogens is 414 g/mol. The summed E-state index contributed by atoms with van der Waals surface area (Å²) < 4.78 is 1.57. The quantitative estimate of drug-likeness (QED) is 0.627. The number of para-hydroxylation sites is 1. The summed E-state index contributed by atoms with van der Waals surface area (Å²) in [4.78, 5) is 32.0. The van der Waals surface area contributed by atoms with Gasteiger partial charge in [0.05, 0.1) is 17.8 Å². The van der Waals surface area contributed by atoms with Gasteiger partial charge in [-0.15, -0.1) is 0 Å². The molecule has 7 heteroatoms. The Morgan fingerprint density at radius 2 is 1.88 bits per heavy atom. The van der Waals surface area contributed by atoms with Crippen molar-refractivity contribution in [3.8, 4) is 0 Å². The molecule has 3 aromatic rings. The van der Waals surface area contributed by atoms with E-state index in [-0.39, 0.29) is 22.9 Å². The van der Waals surface area contributed by atoms with Crippen molar-refractivity contribution in [2.24, 2.45) is 0 Å². The molecule has 1 amide bonds. The van der Waals surface area contributed by atoms with Crippen LogP contribution in [0.1, 0.15) is 56.2 Å². The van der Waals surface area contributed by atoms with Crippen molar-refractivity contribution >= 4 is 16.8 Å². The molecule has 0 radical (unpaired) electrons. The zero-order chi connectivity index (χ0) is 23.4. The number of nitrogens with one attached hydrogen (secondary N) is 1. The first kappa shape index (κ1) is 23.1. The zero-order valence-electron chi connectivity index (χ0n) is 19.8. The maximum Gasteiger partial charge on any atom is 0.269 e. The average Bonchev–Trinajstić information content (AvgIpc) is 2.81. The smallest absolute Gasteiger partial charge is 0.269 e. The van der Waals surface area contributed by atoms with Gasteiger partial charge in [0.15, 0.2) is 0 Å². The SMILES string of the molecule is CC(C)(C)c1ccc(=O)n(CCN2CCCCC2CNC(=O)c2ccc3ccccc3n2)n1. The fraction of sp³-hybridized carbons (Fsp3) is 0.462. The maximum absolute atomic E-state index is 12.7. The number of carbonyl (C=O) groups is 1. The molecule has 1 atom stereocenters. The lowest BCUT2D eigenvalue weighted by molar-refractivity contribution is 0.0904. The summed E-state index contributed by atoms with van der Waals surface area (Å²) in [6.45, 7) is 9.09. The molecule has 1 saturated heterocycles. The lowest BCUT2D eigenvalue weighted by Crippen LogP contribution is -2.48. The van der Waals surface area contributed by atoms with Gasteiger partial charge < -0.3 is 5.32 Å². The number of aromatic nitrogens is 3. The molecule has 1 aliphatic rings. The minimum atomic E-state index is -0.151. The molecule has 1 aromatic carbocycles. The van der Waals surface area contributed by atoms with Crippen LogP contribution in [0.3, 0.4) is 0 Å². The standard InChI is InChI=1S/C26H33N5O2/c1-26(2,3)23-13-14-24(32)31(29-23)17-16-30-15-7-6-9-20(30)18-27-25(33)22-12-11-19-8-4-5-10-21(19)28-22/h4-5,8,10-14,20H,6-7,9,15-18H2,1-3H3,(H,27,33). The number of fused-ring (bicyclic) bond motifs is 1. The highest BCUT2D eigenvalue weighted by Gasteiger charge is 2.24. The lowest BCUT2D eigenvalue weighted by Gasteiger charge is -2.35. The third kappa shape index (κ3) is 5.66. The third-order valence-electron chi connectivity index (χ3n) is 6.31. The van der Waals surface area contributed by atoms with Crippen LogP contribution >= 0.6 is 0 Å². The number of benzene rings is 1. The topological polar surface area (TPSA) is 80.1 Å². The van der Waals surface area contributed by atoms with E-state index in [0.29, 0.717) is 18.8 Å². The summed E-state index contributed by atoms with van der Waals surface area (Å²) in [7, 11) is 0. The maximum atomic E-state index is 12.7. The van der Waals surface area contributed by atoms with E-state index < -0.39 is 0 Å². The zero-order valence-corrected chi connectivity index (χ0v) is 19.8. The van der Waals surface area contributed by atoms with Gasteiger partial charge in [-0.3, -0.25) is 14.5 Å². The third-order valence-corrected chi connectivity index (χ3v) is 6.31. The number of likely N-dealkylation sites (tertiary alicyclic amines) is 1. The first-order valence-corrected chi connectivity index (χ1v) is 11.8. The van der Waals surface area contributed by atoms with Crippen LogP contribution in [0, 0.1) is 0 Å². The van der Waals surface area contributed by atoms with Gasteiger partial charge in [-0.1, -0.05) is 51.5 Å². The molecule has 4 rings (SSSR count). The monoisotopic (exact) mass is 447 g/mol. The molecule has 7 nitrogen and oxygen atoms in total. The fourth-order valence-corrected chi connectivity index (χ4v) is 4.31. The molecule has 2 aromatic heterocycles. The Balaban J connectivity index is 1.38. The number of rotatable bonds is 6. The van der Waals surface area contributed by atoms with Gasteiger partial charge in [0.25, 0.3) is 11.5 Å². The summed E-state index contributed by atoms with van der Waals surface area (Å²) in [5.74, 6) is -0.151. The number of pyridine rings is 1. The molecule has 0 saturated carbocycles. The van der Waals surface area contributed by atoms with Crippen molar-refractivity contribution in [2.45, 2.75) is 58.0 Å². The number of hydrogen-bond acceptors (Lipinski definition) is 5. The Kier molecular flexibility index (Phi) is 6.88. The number of amides is 1. The van der Waals surface area contributed by atoms with Crippen LogP contribution in [-0.4, -0.2) is 51.2 Å². The fourth-order valence-electron chi connectivity index (χ4n) is 4.31. The summed E-state index contributed by atoms with van der Waals surface area (Å²) in [5, 5.41) is 8.69. The first-order valence-electron chi connectivity index (χ1n) is 11.8. The van der Waals surface area contributed by atoms with E-state index in [9.17, 15) is 9.59 Å². The van der Waals surface area contributed by atoms with E-state index >= 15 is 0 Å². The Labute approximate surface area is 194 Å². The predicted molar refractivity (Wildman–Crippen MR) is 130 cm³/mol. The number of nitrogens with zero attached hydrogens (tertiary/aromatic N) is 4. The molecule has 174 valence electrons. The van der Waals surface area contributed by atoms with E-state index in [1.54, 1.807) is 16.8 Å². The van der Waals surface area contributed by atoms with Crippen molar-refractivity contribution < 1.29 is 4.79 Å². The van der Waals surface area contributed by atoms with E-state index in [4.69, 9.17) is 0 Å². The highest BCUT2D eigenvalue weighted by molar-refractivity contribution is 5.94. The van der Waals surface area contributed by atoms with Gasteiger partial charge in [-0.2, -0.15) is 5.10 Å². The summed E-state index contributed by atoms with van der Waals surface area (Å²) in [6.07, 6.45) is 3.29. The van der Waals surface area contributed by atoms with Gasteiger partial charge >= 0.3 is 0 Å². The van der Waals surface area contributed by atoms with Gasteiger partial charge in [-0.25, -0.2) is 9.67 Å². The van der Waals surface area contributed by atoms with Crippen LogP contribution < -0.4 is 10.9 Å². The Morgan fingerprint density at radius 1 is 1.06 bits per heavy atom. The Morgan fingerprint density at radius 3 is 2.70 bits per heavy atom. The van der Waals surface area contributed by atoms with Crippen LogP contribution in [0.5, 0.6) is 0 Å². The van der Waals surface area contributed by atoms with Crippen molar-refractivity contribution in [2.75, 3.05) is 19.6 Å². The molecule has 0 bridgehead atoms. The second-order valence-corrected chi connectivity index (χ2v) is 9.81. The number of piperidine rings is 1. The van der Waals surface area contributed by atoms with Crippen molar-refractivity contribution in [3.63, 3.8) is 0 Å². The second-order valence-electron chi connectivity index (χ2n) is 9.81. The Bertz CT molecular complexity index is 1180. The second kappa shape index (κ2) is 9.83. The number of hydrogen-bond donors (Lipinski definition) is 1. The normalized spacial score (nSPS) is 17.2. The van der Waals surface area contributed by atoms with Crippen LogP contribution in [0.25, 0.3) is 10.9 Å². The molecule has 33 heavy (non-hydrogen) atoms. The Hall–Kier alpha value is -3.06. The predicted octanol–water partition coefficient (Wildman–Crippen LogP) is 3.37. The molecule has 0 spiro atoms. The number of carbonyl (C=O) groups excluding carboxylic acids is 1. The van der Waals surface area contributed by atoms with Crippen molar-refractivity contribution in [1.29, 1.82) is 0 Å². The largest absolute Gasteiger partial charge is 0.349 e. The van der Waals surface area contributed by atoms with Crippen molar-refractivity contribution in [1.82, 2.24) is 25.0 Å². The van der Waals surface area contributed by atoms with Gasteiger partial charge in [0, 0.05) is 36.0 Å². The molecular formula is C26H33N5O2. The molecule has 1 aliphatic heterocycles. The van der Waals surface area contributed by atoms with Gasteiger partial charge in [0.2, 0.25) is 0 Å². The van der Waals surface area contributed by atoms with Gasteiger partial charge in [-0.05, 0) is 37.6 Å². The van der Waals surface area contributed by atoms with Crippen molar-refractivity contribution in [3.05, 3.63) is 70.3 Å². The summed E-state index contributed by atoms with van der Waals surface area (Å²) >= 11 is 0. The molecule has 3 heterocycles. The first-order chi connectivity index (χ1) is 15.8. The lowest BCUT2D eigenvalue weighted by atomic mass is 9.92. The van der Waals surface area contributed by atoms with Crippen LogP contribution in [0.4, 0.5) is 0 Å². The minimum Gasteiger partial charge on any atom is -0.349 e. The van der Waals surface area contributed by atoms with Gasteiger partial charge in [0.1, 0.15) is 5.69 Å². The highest BCUT2D eigenvalue weighted by atomic mass is 16.2. The molecule has 1 N–H and O–H groups in total. The molecule has 0 aliphatic carbocycles. The van der Waals surface area contributed by atoms with E-state index in [0.717, 1.165) is 48.9 Å². The van der Waals surface area contributed by atoms with E-state index in [2.05, 4.69) is 41.1 Å².